The molecule has 0 spiro atoms. The van der Waals surface area contributed by atoms with E-state index in [1.54, 1.807) is 0 Å². The summed E-state index contributed by atoms with van der Waals surface area (Å²) in [5.41, 5.74) is 1.19. The molecule has 4 aliphatic carbocycles. The van der Waals surface area contributed by atoms with Crippen molar-refractivity contribution in [1.29, 1.82) is 0 Å². The van der Waals surface area contributed by atoms with Crippen LogP contribution in [0, 0.1) is 35.0 Å². The van der Waals surface area contributed by atoms with Crippen LogP contribution in [-0.2, 0) is 16.9 Å². The zero-order chi connectivity index (χ0) is 19.7. The van der Waals surface area contributed by atoms with Gasteiger partial charge in [0.05, 0.1) is 6.20 Å². The number of carbonyl (C=O) groups is 1. The number of hydrogen-bond acceptors (Lipinski definition) is 4. The van der Waals surface area contributed by atoms with Crippen LogP contribution >= 0.6 is 0 Å². The lowest BCUT2D eigenvalue weighted by Crippen LogP contribution is -2.53. The maximum absolute atomic E-state index is 12.0. The van der Waals surface area contributed by atoms with Gasteiger partial charge in [-0.05, 0) is 81.1 Å². The summed E-state index contributed by atoms with van der Waals surface area (Å²) in [6.07, 6.45) is 10.8. The van der Waals surface area contributed by atoms with Gasteiger partial charge in [0, 0.05) is 18.4 Å². The Morgan fingerprint density at radius 3 is 2.86 bits per heavy atom. The van der Waals surface area contributed by atoms with Gasteiger partial charge >= 0.3 is 0 Å². The van der Waals surface area contributed by atoms with Crippen molar-refractivity contribution in [3.63, 3.8) is 0 Å². The number of rotatable bonds is 2. The molecule has 3 fully saturated rings. The molecule has 5 nitrogen and oxygen atoms in total. The molecule has 1 aromatic rings. The third-order valence-electron chi connectivity index (χ3n) is 9.08. The molecule has 5 rings (SSSR count). The van der Waals surface area contributed by atoms with Crippen molar-refractivity contribution in [2.45, 2.75) is 77.9 Å². The van der Waals surface area contributed by atoms with E-state index in [1.165, 1.54) is 5.57 Å². The average molecular weight is 384 g/mol. The predicted octanol–water partition coefficient (Wildman–Crippen LogP) is 3.87. The summed E-state index contributed by atoms with van der Waals surface area (Å²) >= 11 is 0. The first-order chi connectivity index (χ1) is 13.4. The summed E-state index contributed by atoms with van der Waals surface area (Å²) in [6, 6.07) is 0. The Kier molecular flexibility index (Phi) is 4.14. The minimum absolute atomic E-state index is 0.136. The van der Waals surface area contributed by atoms with Crippen molar-refractivity contribution in [3.05, 3.63) is 23.5 Å². The van der Waals surface area contributed by atoms with Gasteiger partial charge in [-0.25, -0.2) is 0 Å². The summed E-state index contributed by atoms with van der Waals surface area (Å²) in [5, 5.41) is 20.5. The summed E-state index contributed by atoms with van der Waals surface area (Å²) in [7, 11) is 0. The van der Waals surface area contributed by atoms with Crippen LogP contribution in [0.4, 0.5) is 0 Å². The lowest BCUT2D eigenvalue weighted by Gasteiger charge is -2.57. The Hall–Kier alpha value is -1.49. The van der Waals surface area contributed by atoms with E-state index in [-0.39, 0.29) is 5.41 Å². The Labute approximate surface area is 167 Å². The van der Waals surface area contributed by atoms with E-state index >= 15 is 0 Å². The maximum atomic E-state index is 12.0. The topological polar surface area (TPSA) is 68.0 Å². The Morgan fingerprint density at radius 1 is 1.29 bits per heavy atom. The van der Waals surface area contributed by atoms with Crippen LogP contribution in [-0.4, -0.2) is 25.9 Å². The molecule has 4 aliphatic rings. The van der Waals surface area contributed by atoms with Gasteiger partial charge in [0.15, 0.2) is 5.78 Å². The first kappa shape index (κ1) is 18.5. The largest absolute Gasteiger partial charge is 0.383 e. The molecule has 5 heteroatoms. The monoisotopic (exact) mass is 383 g/mol. The zero-order valence-electron chi connectivity index (χ0n) is 17.4. The van der Waals surface area contributed by atoms with Gasteiger partial charge in [0.25, 0.3) is 0 Å². The highest BCUT2D eigenvalue weighted by molar-refractivity contribution is 5.91. The second kappa shape index (κ2) is 6.25. The van der Waals surface area contributed by atoms with Gasteiger partial charge in [0.1, 0.15) is 11.3 Å². The number of aryl methyl sites for hydroxylation is 1. The van der Waals surface area contributed by atoms with E-state index in [0.717, 1.165) is 57.2 Å². The molecule has 0 saturated heterocycles. The number of fused-ring (bicyclic) bond motifs is 5. The number of aromatic nitrogens is 3. The first-order valence-electron chi connectivity index (χ1n) is 11.2. The van der Waals surface area contributed by atoms with Crippen molar-refractivity contribution in [2.24, 2.45) is 35.0 Å². The average Bonchev–Trinajstić information content (AvgIpc) is 3.25. The normalized spacial score (nSPS) is 45.2. The number of aliphatic hydroxyl groups is 1. The quantitative estimate of drug-likeness (QED) is 0.842. The molecular formula is C23H33N3O2. The summed E-state index contributed by atoms with van der Waals surface area (Å²) in [6.45, 7) is 7.52. The smallest absolute Gasteiger partial charge is 0.155 e. The second-order valence-electron chi connectivity index (χ2n) is 10.2. The molecule has 0 amide bonds. The molecule has 1 N–H and O–H groups in total. The number of ketones is 1. The van der Waals surface area contributed by atoms with Crippen molar-refractivity contribution in [1.82, 2.24) is 15.0 Å². The maximum Gasteiger partial charge on any atom is 0.155 e. The van der Waals surface area contributed by atoms with Crippen LogP contribution in [0.15, 0.2) is 17.8 Å². The fourth-order valence-corrected chi connectivity index (χ4v) is 7.67. The van der Waals surface area contributed by atoms with Crippen molar-refractivity contribution < 1.29 is 9.90 Å². The number of carbonyl (C=O) groups excluding carboxylic acids is 1. The molecule has 3 saturated carbocycles. The lowest BCUT2D eigenvalue weighted by atomic mass is 9.48. The SMILES string of the molecule is CCn1cc([C@]2(O)CCC3C4C(C)CC5=CC(=O)CCC5C4CC[C@@]32C)nn1. The van der Waals surface area contributed by atoms with Crippen LogP contribution < -0.4 is 0 Å². The number of hydrogen-bond donors (Lipinski definition) is 1. The Bertz CT molecular complexity index is 830. The van der Waals surface area contributed by atoms with Gasteiger partial charge in [0.2, 0.25) is 0 Å². The predicted molar refractivity (Wildman–Crippen MR) is 106 cm³/mol. The van der Waals surface area contributed by atoms with Crippen molar-refractivity contribution in [3.8, 4) is 0 Å². The summed E-state index contributed by atoms with van der Waals surface area (Å²) < 4.78 is 1.83. The van der Waals surface area contributed by atoms with Gasteiger partial charge in [-0.1, -0.05) is 24.6 Å². The van der Waals surface area contributed by atoms with Crippen molar-refractivity contribution >= 4 is 5.78 Å². The van der Waals surface area contributed by atoms with Crippen LogP contribution in [0.2, 0.25) is 0 Å². The molecule has 0 aliphatic heterocycles. The standard InChI is InChI=1S/C23H33N3O2/c1-4-26-13-20(24-25-26)23(28)10-8-19-21-14(2)11-15-12-16(27)5-6-17(15)18(21)7-9-22(19,23)3/h12-14,17-19,21,28H,4-11H2,1-3H3/t14?,17?,18?,19?,21?,22-,23+/m0/s1. The minimum atomic E-state index is -0.867. The highest BCUT2D eigenvalue weighted by Gasteiger charge is 2.64. The zero-order valence-corrected chi connectivity index (χ0v) is 17.4. The fourth-order valence-electron chi connectivity index (χ4n) is 7.67. The summed E-state index contributed by atoms with van der Waals surface area (Å²) in [5.74, 6) is 3.35. The molecule has 1 aromatic heterocycles. The van der Waals surface area contributed by atoms with Crippen LogP contribution in [0.1, 0.15) is 71.4 Å². The number of allylic oxidation sites excluding steroid dienone is 1. The molecule has 1 heterocycles. The fraction of sp³-hybridized carbons (Fsp3) is 0.783. The molecule has 0 bridgehead atoms. The van der Waals surface area contributed by atoms with E-state index in [1.807, 2.05) is 17.0 Å². The van der Waals surface area contributed by atoms with Gasteiger partial charge in [-0.2, -0.15) is 0 Å². The van der Waals surface area contributed by atoms with E-state index in [4.69, 9.17) is 0 Å². The molecule has 7 atom stereocenters. The molecule has 0 radical (unpaired) electrons. The Morgan fingerprint density at radius 2 is 2.11 bits per heavy atom. The third-order valence-corrected chi connectivity index (χ3v) is 9.08. The van der Waals surface area contributed by atoms with Crippen molar-refractivity contribution in [2.75, 3.05) is 0 Å². The Balaban J connectivity index is 1.49. The van der Waals surface area contributed by atoms with Gasteiger partial charge < -0.3 is 5.11 Å². The van der Waals surface area contributed by atoms with E-state index < -0.39 is 5.60 Å². The summed E-state index contributed by atoms with van der Waals surface area (Å²) in [4.78, 5) is 12.0. The molecule has 0 aromatic carbocycles. The van der Waals surface area contributed by atoms with E-state index in [9.17, 15) is 9.90 Å². The molecule has 152 valence electrons. The highest BCUT2D eigenvalue weighted by atomic mass is 16.3. The molecule has 28 heavy (non-hydrogen) atoms. The van der Waals surface area contributed by atoms with Gasteiger partial charge in [-0.15, -0.1) is 5.10 Å². The van der Waals surface area contributed by atoms with Crippen LogP contribution in [0.3, 0.4) is 0 Å². The molecule has 5 unspecified atom stereocenters. The molecular weight excluding hydrogens is 350 g/mol. The highest BCUT2D eigenvalue weighted by Crippen LogP contribution is 2.68. The third kappa shape index (κ3) is 2.38. The van der Waals surface area contributed by atoms with E-state index in [2.05, 4.69) is 31.1 Å². The van der Waals surface area contributed by atoms with Crippen LogP contribution in [0.5, 0.6) is 0 Å². The minimum Gasteiger partial charge on any atom is -0.383 e. The van der Waals surface area contributed by atoms with E-state index in [0.29, 0.717) is 35.4 Å². The second-order valence-corrected chi connectivity index (χ2v) is 10.2. The first-order valence-corrected chi connectivity index (χ1v) is 11.2. The number of nitrogens with zero attached hydrogens (tertiary/aromatic N) is 3. The van der Waals surface area contributed by atoms with Crippen LogP contribution in [0.25, 0.3) is 0 Å². The lowest BCUT2D eigenvalue weighted by molar-refractivity contribution is -0.134. The van der Waals surface area contributed by atoms with Gasteiger partial charge in [-0.3, -0.25) is 9.48 Å².